The van der Waals surface area contributed by atoms with Crippen molar-refractivity contribution >= 4 is 17.3 Å². The number of pyridine rings is 1. The summed E-state index contributed by atoms with van der Waals surface area (Å²) in [4.78, 5) is 24.2. The van der Waals surface area contributed by atoms with E-state index in [1.165, 1.54) is 12.3 Å². The highest BCUT2D eigenvalue weighted by molar-refractivity contribution is 5.67. The first-order valence-corrected chi connectivity index (χ1v) is 5.07. The molecular formula is C10H13N3O4. The minimum Gasteiger partial charge on any atom is -0.481 e. The molecule has 1 rings (SSSR count). The number of anilines is 1. The number of aliphatic carboxylic acids is 1. The van der Waals surface area contributed by atoms with Crippen molar-refractivity contribution in [2.24, 2.45) is 0 Å². The van der Waals surface area contributed by atoms with Crippen molar-refractivity contribution in [2.75, 3.05) is 5.32 Å². The monoisotopic (exact) mass is 239 g/mol. The fourth-order valence-electron chi connectivity index (χ4n) is 1.33. The average molecular weight is 239 g/mol. The summed E-state index contributed by atoms with van der Waals surface area (Å²) in [6.45, 7) is 1.77. The predicted octanol–water partition coefficient (Wildman–Crippen LogP) is 1.65. The summed E-state index contributed by atoms with van der Waals surface area (Å²) in [5.74, 6) is -0.886. The standard InChI is InChI=1S/C10H13N3O4/c1-7(2-3-10(14)15)12-8-4-5-11-6-9(8)13(16)17/h4-7H,2-3H2,1H3,(H,11,12)(H,14,15). The lowest BCUT2D eigenvalue weighted by Gasteiger charge is -2.13. The Morgan fingerprint density at radius 1 is 1.71 bits per heavy atom. The van der Waals surface area contributed by atoms with E-state index in [1.54, 1.807) is 6.92 Å². The van der Waals surface area contributed by atoms with E-state index < -0.39 is 10.9 Å². The molecule has 0 fully saturated rings. The maximum absolute atomic E-state index is 10.7. The van der Waals surface area contributed by atoms with Gasteiger partial charge in [0.1, 0.15) is 11.9 Å². The zero-order valence-electron chi connectivity index (χ0n) is 9.29. The van der Waals surface area contributed by atoms with E-state index in [9.17, 15) is 14.9 Å². The van der Waals surface area contributed by atoms with Crippen LogP contribution in [-0.4, -0.2) is 27.0 Å². The summed E-state index contributed by atoms with van der Waals surface area (Å²) in [7, 11) is 0. The van der Waals surface area contributed by atoms with Gasteiger partial charge in [-0.25, -0.2) is 0 Å². The van der Waals surface area contributed by atoms with Gasteiger partial charge in [-0.15, -0.1) is 0 Å². The van der Waals surface area contributed by atoms with Gasteiger partial charge < -0.3 is 10.4 Å². The Hall–Kier alpha value is -2.18. The number of rotatable bonds is 6. The molecule has 1 unspecified atom stereocenters. The number of hydrogen-bond acceptors (Lipinski definition) is 5. The van der Waals surface area contributed by atoms with Crippen LogP contribution in [0.2, 0.25) is 0 Å². The number of carboxylic acid groups (broad SMARTS) is 1. The molecule has 1 atom stereocenters. The number of carbonyl (C=O) groups is 1. The van der Waals surface area contributed by atoms with Crippen molar-refractivity contribution in [2.45, 2.75) is 25.8 Å². The zero-order valence-corrected chi connectivity index (χ0v) is 9.29. The molecule has 0 bridgehead atoms. The minimum atomic E-state index is -0.886. The number of aromatic nitrogens is 1. The van der Waals surface area contributed by atoms with E-state index in [-0.39, 0.29) is 18.2 Å². The molecule has 0 radical (unpaired) electrons. The van der Waals surface area contributed by atoms with Gasteiger partial charge in [0.05, 0.1) is 4.92 Å². The molecule has 1 aromatic rings. The Balaban J connectivity index is 2.67. The molecule has 17 heavy (non-hydrogen) atoms. The van der Waals surface area contributed by atoms with Crippen LogP contribution in [0.5, 0.6) is 0 Å². The molecule has 1 aromatic heterocycles. The molecule has 0 aliphatic rings. The van der Waals surface area contributed by atoms with Gasteiger partial charge in [-0.1, -0.05) is 0 Å². The second-order valence-corrected chi connectivity index (χ2v) is 3.63. The summed E-state index contributed by atoms with van der Waals surface area (Å²) in [6.07, 6.45) is 3.02. The van der Waals surface area contributed by atoms with Crippen LogP contribution in [0.1, 0.15) is 19.8 Å². The number of nitro groups is 1. The van der Waals surface area contributed by atoms with Gasteiger partial charge >= 0.3 is 11.7 Å². The second kappa shape index (κ2) is 5.78. The third-order valence-electron chi connectivity index (χ3n) is 2.19. The molecule has 92 valence electrons. The third-order valence-corrected chi connectivity index (χ3v) is 2.19. The zero-order chi connectivity index (χ0) is 12.8. The molecule has 0 spiro atoms. The summed E-state index contributed by atoms with van der Waals surface area (Å²) >= 11 is 0. The molecule has 1 heterocycles. The number of nitrogens with one attached hydrogen (secondary N) is 1. The first kappa shape index (κ1) is 12.9. The molecule has 0 aliphatic heterocycles. The fourth-order valence-corrected chi connectivity index (χ4v) is 1.33. The lowest BCUT2D eigenvalue weighted by atomic mass is 10.1. The van der Waals surface area contributed by atoms with Crippen LogP contribution in [0.4, 0.5) is 11.4 Å². The molecule has 0 saturated heterocycles. The van der Waals surface area contributed by atoms with Crippen LogP contribution < -0.4 is 5.32 Å². The Morgan fingerprint density at radius 3 is 3.00 bits per heavy atom. The van der Waals surface area contributed by atoms with E-state index >= 15 is 0 Å². The van der Waals surface area contributed by atoms with Crippen molar-refractivity contribution in [3.05, 3.63) is 28.6 Å². The van der Waals surface area contributed by atoms with Gasteiger partial charge in [-0.2, -0.15) is 0 Å². The summed E-state index contributed by atoms with van der Waals surface area (Å²) in [6, 6.07) is 1.34. The molecule has 0 aromatic carbocycles. The highest BCUT2D eigenvalue weighted by atomic mass is 16.6. The van der Waals surface area contributed by atoms with E-state index in [0.29, 0.717) is 12.1 Å². The van der Waals surface area contributed by atoms with Gasteiger partial charge in [0.25, 0.3) is 0 Å². The van der Waals surface area contributed by atoms with Crippen LogP contribution in [-0.2, 0) is 4.79 Å². The molecule has 0 amide bonds. The molecular weight excluding hydrogens is 226 g/mol. The van der Waals surface area contributed by atoms with Crippen molar-refractivity contribution in [1.29, 1.82) is 0 Å². The Kier molecular flexibility index (Phi) is 4.38. The average Bonchev–Trinajstić information content (AvgIpc) is 2.27. The normalized spacial score (nSPS) is 11.8. The minimum absolute atomic E-state index is 0.0209. The van der Waals surface area contributed by atoms with Crippen LogP contribution in [0.25, 0.3) is 0 Å². The maximum atomic E-state index is 10.7. The summed E-state index contributed by atoms with van der Waals surface area (Å²) in [5, 5.41) is 22.1. The Bertz CT molecular complexity index is 422. The molecule has 0 saturated carbocycles. The molecule has 7 nitrogen and oxygen atoms in total. The molecule has 7 heteroatoms. The van der Waals surface area contributed by atoms with Crippen LogP contribution in [0.15, 0.2) is 18.5 Å². The van der Waals surface area contributed by atoms with Gasteiger partial charge in [0.2, 0.25) is 0 Å². The van der Waals surface area contributed by atoms with E-state index in [2.05, 4.69) is 10.3 Å². The largest absolute Gasteiger partial charge is 0.481 e. The van der Waals surface area contributed by atoms with Gasteiger partial charge in [0.15, 0.2) is 0 Å². The van der Waals surface area contributed by atoms with Crippen LogP contribution >= 0.6 is 0 Å². The number of hydrogen-bond donors (Lipinski definition) is 2. The molecule has 0 aliphatic carbocycles. The van der Waals surface area contributed by atoms with E-state index in [4.69, 9.17) is 5.11 Å². The van der Waals surface area contributed by atoms with Crippen LogP contribution in [0.3, 0.4) is 0 Å². The topological polar surface area (TPSA) is 105 Å². The summed E-state index contributed by atoms with van der Waals surface area (Å²) < 4.78 is 0. The van der Waals surface area contributed by atoms with Gasteiger partial charge in [-0.3, -0.25) is 19.9 Å². The quantitative estimate of drug-likeness (QED) is 0.577. The lowest BCUT2D eigenvalue weighted by molar-refractivity contribution is -0.384. The smallest absolute Gasteiger partial charge is 0.310 e. The second-order valence-electron chi connectivity index (χ2n) is 3.63. The highest BCUT2D eigenvalue weighted by Gasteiger charge is 2.15. The fraction of sp³-hybridized carbons (Fsp3) is 0.400. The Labute approximate surface area is 97.6 Å². The third kappa shape index (κ3) is 4.06. The summed E-state index contributed by atoms with van der Waals surface area (Å²) in [5.41, 5.74) is 0.234. The molecule has 2 N–H and O–H groups in total. The Morgan fingerprint density at radius 2 is 2.41 bits per heavy atom. The SMILES string of the molecule is CC(CCC(=O)O)Nc1ccncc1[N+](=O)[O-]. The van der Waals surface area contributed by atoms with Crippen molar-refractivity contribution < 1.29 is 14.8 Å². The first-order valence-electron chi connectivity index (χ1n) is 5.07. The lowest BCUT2D eigenvalue weighted by Crippen LogP contribution is -2.17. The van der Waals surface area contributed by atoms with Crippen LogP contribution in [0, 0.1) is 10.1 Å². The van der Waals surface area contributed by atoms with E-state index in [1.807, 2.05) is 0 Å². The van der Waals surface area contributed by atoms with E-state index in [0.717, 1.165) is 6.20 Å². The van der Waals surface area contributed by atoms with Crippen molar-refractivity contribution in [3.63, 3.8) is 0 Å². The van der Waals surface area contributed by atoms with Crippen molar-refractivity contribution in [1.82, 2.24) is 4.98 Å². The van der Waals surface area contributed by atoms with Gasteiger partial charge in [-0.05, 0) is 19.4 Å². The number of carboxylic acids is 1. The maximum Gasteiger partial charge on any atom is 0.310 e. The van der Waals surface area contributed by atoms with Gasteiger partial charge in [0, 0.05) is 18.7 Å². The van der Waals surface area contributed by atoms with Crippen molar-refractivity contribution in [3.8, 4) is 0 Å². The predicted molar refractivity (Wildman–Crippen MR) is 60.8 cm³/mol. The first-order chi connectivity index (χ1) is 8.00. The highest BCUT2D eigenvalue weighted by Crippen LogP contribution is 2.23. The number of nitrogens with zero attached hydrogens (tertiary/aromatic N) is 2.